The van der Waals surface area contributed by atoms with Gasteiger partial charge in [-0.1, -0.05) is 36.4 Å². The van der Waals surface area contributed by atoms with Crippen molar-refractivity contribution < 1.29 is 14.4 Å². The van der Waals surface area contributed by atoms with Gasteiger partial charge in [-0.2, -0.15) is 5.48 Å². The Morgan fingerprint density at radius 1 is 1.10 bits per heavy atom. The van der Waals surface area contributed by atoms with Crippen LogP contribution in [0.3, 0.4) is 0 Å². The van der Waals surface area contributed by atoms with Gasteiger partial charge in [0.25, 0.3) is 0 Å². The van der Waals surface area contributed by atoms with Gasteiger partial charge in [0, 0.05) is 11.8 Å². The SMILES string of the molecule is COc1cccc(NC(=O)CNOCc2ccccc2)c1. The second-order valence-corrected chi connectivity index (χ2v) is 4.38. The maximum atomic E-state index is 11.7. The van der Waals surface area contributed by atoms with Crippen LogP contribution in [0, 0.1) is 0 Å². The van der Waals surface area contributed by atoms with Crippen LogP contribution in [0.1, 0.15) is 5.56 Å². The van der Waals surface area contributed by atoms with Crippen LogP contribution in [0.15, 0.2) is 54.6 Å². The number of hydrogen-bond acceptors (Lipinski definition) is 4. The highest BCUT2D eigenvalue weighted by atomic mass is 16.6. The maximum Gasteiger partial charge on any atom is 0.240 e. The number of ether oxygens (including phenoxy) is 1. The van der Waals surface area contributed by atoms with Crippen molar-refractivity contribution in [2.75, 3.05) is 19.0 Å². The highest BCUT2D eigenvalue weighted by Gasteiger charge is 2.03. The van der Waals surface area contributed by atoms with Gasteiger partial charge in [-0.15, -0.1) is 0 Å². The molecule has 0 fully saturated rings. The minimum Gasteiger partial charge on any atom is -0.497 e. The number of anilines is 1. The Balaban J connectivity index is 1.70. The molecule has 21 heavy (non-hydrogen) atoms. The first-order valence-electron chi connectivity index (χ1n) is 6.60. The molecule has 5 heteroatoms. The molecule has 110 valence electrons. The van der Waals surface area contributed by atoms with Crippen LogP contribution < -0.4 is 15.5 Å². The van der Waals surface area contributed by atoms with E-state index in [9.17, 15) is 4.79 Å². The molecular weight excluding hydrogens is 268 g/mol. The van der Waals surface area contributed by atoms with Crippen molar-refractivity contribution in [1.29, 1.82) is 0 Å². The van der Waals surface area contributed by atoms with E-state index < -0.39 is 0 Å². The molecule has 0 radical (unpaired) electrons. The summed E-state index contributed by atoms with van der Waals surface area (Å²) in [5, 5.41) is 2.75. The van der Waals surface area contributed by atoms with E-state index >= 15 is 0 Å². The third-order valence-corrected chi connectivity index (χ3v) is 2.77. The molecule has 0 atom stereocenters. The summed E-state index contributed by atoms with van der Waals surface area (Å²) in [7, 11) is 1.58. The molecule has 0 aliphatic rings. The lowest BCUT2D eigenvalue weighted by Gasteiger charge is -2.08. The Kier molecular flexibility index (Phi) is 5.75. The second kappa shape index (κ2) is 8.04. The lowest BCUT2D eigenvalue weighted by Crippen LogP contribution is -2.28. The fraction of sp³-hybridized carbons (Fsp3) is 0.188. The van der Waals surface area contributed by atoms with Gasteiger partial charge in [-0.3, -0.25) is 9.63 Å². The van der Waals surface area contributed by atoms with E-state index in [4.69, 9.17) is 9.57 Å². The summed E-state index contributed by atoms with van der Waals surface area (Å²) in [6.07, 6.45) is 0. The van der Waals surface area contributed by atoms with Crippen LogP contribution >= 0.6 is 0 Å². The first-order valence-corrected chi connectivity index (χ1v) is 6.60. The molecule has 0 bridgehead atoms. The molecule has 1 amide bonds. The molecule has 0 unspecified atom stereocenters. The van der Waals surface area contributed by atoms with Crippen molar-refractivity contribution in [2.24, 2.45) is 0 Å². The molecule has 2 N–H and O–H groups in total. The number of methoxy groups -OCH3 is 1. The molecule has 0 saturated heterocycles. The molecule has 0 saturated carbocycles. The number of carbonyl (C=O) groups excluding carboxylic acids is 1. The average molecular weight is 286 g/mol. The van der Waals surface area contributed by atoms with Gasteiger partial charge in [0.05, 0.1) is 13.7 Å². The molecule has 5 nitrogen and oxygen atoms in total. The first kappa shape index (κ1) is 15.0. The van der Waals surface area contributed by atoms with Crippen LogP contribution in [-0.2, 0) is 16.2 Å². The fourth-order valence-corrected chi connectivity index (χ4v) is 1.73. The van der Waals surface area contributed by atoms with Crippen LogP contribution in [0.5, 0.6) is 5.75 Å². The second-order valence-electron chi connectivity index (χ2n) is 4.38. The zero-order valence-electron chi connectivity index (χ0n) is 11.8. The van der Waals surface area contributed by atoms with Crippen molar-refractivity contribution in [2.45, 2.75) is 6.61 Å². The van der Waals surface area contributed by atoms with Crippen LogP contribution in [0.4, 0.5) is 5.69 Å². The molecular formula is C16H18N2O3. The Morgan fingerprint density at radius 3 is 2.67 bits per heavy atom. The third kappa shape index (κ3) is 5.25. The van der Waals surface area contributed by atoms with Gasteiger partial charge < -0.3 is 10.1 Å². The summed E-state index contributed by atoms with van der Waals surface area (Å²) in [6.45, 7) is 0.483. The summed E-state index contributed by atoms with van der Waals surface area (Å²) in [5.41, 5.74) is 4.36. The predicted molar refractivity (Wildman–Crippen MR) is 80.9 cm³/mol. The maximum absolute atomic E-state index is 11.7. The molecule has 2 aromatic rings. The van der Waals surface area contributed by atoms with E-state index in [-0.39, 0.29) is 12.5 Å². The van der Waals surface area contributed by atoms with E-state index in [0.717, 1.165) is 5.56 Å². The summed E-state index contributed by atoms with van der Waals surface area (Å²) < 4.78 is 5.09. The number of carbonyl (C=O) groups is 1. The summed E-state index contributed by atoms with van der Waals surface area (Å²) >= 11 is 0. The van der Waals surface area contributed by atoms with Gasteiger partial charge >= 0.3 is 0 Å². The van der Waals surface area contributed by atoms with Crippen molar-refractivity contribution in [1.82, 2.24) is 5.48 Å². The van der Waals surface area contributed by atoms with E-state index in [2.05, 4.69) is 10.8 Å². The number of rotatable bonds is 7. The number of hydrogen-bond donors (Lipinski definition) is 2. The summed E-state index contributed by atoms with van der Waals surface area (Å²) in [4.78, 5) is 17.0. The van der Waals surface area contributed by atoms with Gasteiger partial charge in [0.15, 0.2) is 0 Å². The number of nitrogens with one attached hydrogen (secondary N) is 2. The molecule has 0 aliphatic heterocycles. The molecule has 0 aliphatic carbocycles. The highest BCUT2D eigenvalue weighted by molar-refractivity contribution is 5.92. The van der Waals surface area contributed by atoms with Crippen LogP contribution in [0.2, 0.25) is 0 Å². The van der Waals surface area contributed by atoms with E-state index in [0.29, 0.717) is 18.0 Å². The fourth-order valence-electron chi connectivity index (χ4n) is 1.73. The van der Waals surface area contributed by atoms with Gasteiger partial charge in [-0.05, 0) is 17.7 Å². The van der Waals surface area contributed by atoms with Gasteiger partial charge in [-0.25, -0.2) is 0 Å². The predicted octanol–water partition coefficient (Wildman–Crippen LogP) is 2.36. The van der Waals surface area contributed by atoms with Crippen molar-refractivity contribution in [3.63, 3.8) is 0 Å². The zero-order chi connectivity index (χ0) is 14.9. The summed E-state index contributed by atoms with van der Waals surface area (Å²) in [5.74, 6) is 0.511. The number of hydroxylamine groups is 1. The minimum absolute atomic E-state index is 0.0735. The van der Waals surface area contributed by atoms with E-state index in [1.165, 1.54) is 0 Å². The molecule has 2 rings (SSSR count). The van der Waals surface area contributed by atoms with Gasteiger partial charge in [0.2, 0.25) is 5.91 Å². The van der Waals surface area contributed by atoms with Crippen molar-refractivity contribution in [3.05, 3.63) is 60.2 Å². The molecule has 0 spiro atoms. The quantitative estimate of drug-likeness (QED) is 0.606. The Labute approximate surface area is 123 Å². The lowest BCUT2D eigenvalue weighted by atomic mass is 10.2. The molecule has 0 aromatic heterocycles. The van der Waals surface area contributed by atoms with E-state index in [1.807, 2.05) is 42.5 Å². The molecule has 2 aromatic carbocycles. The zero-order valence-corrected chi connectivity index (χ0v) is 11.8. The van der Waals surface area contributed by atoms with Crippen LogP contribution in [0.25, 0.3) is 0 Å². The van der Waals surface area contributed by atoms with Crippen LogP contribution in [-0.4, -0.2) is 19.6 Å². The highest BCUT2D eigenvalue weighted by Crippen LogP contribution is 2.16. The lowest BCUT2D eigenvalue weighted by molar-refractivity contribution is -0.118. The Hall–Kier alpha value is -2.37. The topological polar surface area (TPSA) is 59.6 Å². The van der Waals surface area contributed by atoms with E-state index in [1.54, 1.807) is 19.2 Å². The monoisotopic (exact) mass is 286 g/mol. The first-order chi connectivity index (χ1) is 10.3. The average Bonchev–Trinajstić information content (AvgIpc) is 2.53. The molecule has 0 heterocycles. The van der Waals surface area contributed by atoms with Crippen molar-refractivity contribution in [3.8, 4) is 5.75 Å². The smallest absolute Gasteiger partial charge is 0.240 e. The minimum atomic E-state index is -0.184. The number of benzene rings is 2. The normalized spacial score (nSPS) is 10.1. The number of amides is 1. The Morgan fingerprint density at radius 2 is 1.90 bits per heavy atom. The largest absolute Gasteiger partial charge is 0.497 e. The standard InChI is InChI=1S/C16H18N2O3/c1-20-15-9-5-8-14(10-15)18-16(19)11-17-21-12-13-6-3-2-4-7-13/h2-10,17H,11-12H2,1H3,(H,18,19). The Bertz CT molecular complexity index is 573. The summed E-state index contributed by atoms with van der Waals surface area (Å²) in [6, 6.07) is 16.9. The third-order valence-electron chi connectivity index (χ3n) is 2.77. The van der Waals surface area contributed by atoms with Crippen molar-refractivity contribution >= 4 is 11.6 Å². The van der Waals surface area contributed by atoms with Gasteiger partial charge in [0.1, 0.15) is 12.3 Å².